The second kappa shape index (κ2) is 9.80. The van der Waals surface area contributed by atoms with E-state index in [-0.39, 0.29) is 22.3 Å². The van der Waals surface area contributed by atoms with Crippen LogP contribution in [-0.2, 0) is 14.8 Å². The molecule has 2 aromatic carbocycles. The number of anilines is 2. The summed E-state index contributed by atoms with van der Waals surface area (Å²) < 4.78 is 44.6. The van der Waals surface area contributed by atoms with Crippen molar-refractivity contribution in [3.63, 3.8) is 0 Å². The summed E-state index contributed by atoms with van der Waals surface area (Å²) in [4.78, 5) is 13.0. The molecule has 170 valence electrons. The maximum absolute atomic E-state index is 13.6. The molecule has 12 heteroatoms. The molecule has 0 aliphatic carbocycles. The Balaban J connectivity index is 1.85. The molecule has 1 aromatic heterocycles. The van der Waals surface area contributed by atoms with E-state index in [9.17, 15) is 17.6 Å². The minimum absolute atomic E-state index is 0.0806. The second-order valence-electron chi connectivity index (χ2n) is 6.71. The molecule has 1 amide bonds. The number of nitrogens with one attached hydrogen (secondary N) is 1. The molecule has 0 fully saturated rings. The minimum Gasteiger partial charge on any atom is -0.497 e. The van der Waals surface area contributed by atoms with Crippen LogP contribution < -0.4 is 14.4 Å². The summed E-state index contributed by atoms with van der Waals surface area (Å²) in [5, 5.41) is 11.2. The molecule has 1 heterocycles. The third-order valence-corrected chi connectivity index (χ3v) is 6.84. The Labute approximate surface area is 194 Å². The van der Waals surface area contributed by atoms with Crippen LogP contribution in [0.2, 0.25) is 5.02 Å². The number of amides is 1. The zero-order valence-electron chi connectivity index (χ0n) is 17.4. The number of ether oxygens (including phenoxy) is 1. The SMILES string of the molecule is CC[C@H](C(=O)Nc1nnc(-c2ccc(OC)cc2)s1)N(c1ccc(F)c(Cl)c1)S(C)(=O)=O. The summed E-state index contributed by atoms with van der Waals surface area (Å²) in [5.74, 6) is -0.601. The lowest BCUT2D eigenvalue weighted by molar-refractivity contribution is -0.117. The fourth-order valence-corrected chi connectivity index (χ4v) is 5.13. The third-order valence-electron chi connectivity index (χ3n) is 4.48. The van der Waals surface area contributed by atoms with Gasteiger partial charge in [-0.15, -0.1) is 10.2 Å². The van der Waals surface area contributed by atoms with E-state index in [1.807, 2.05) is 12.1 Å². The Morgan fingerprint density at radius 1 is 1.25 bits per heavy atom. The molecule has 0 spiro atoms. The normalized spacial score (nSPS) is 12.3. The Hall–Kier alpha value is -2.76. The van der Waals surface area contributed by atoms with Crippen LogP contribution in [0, 0.1) is 5.82 Å². The highest BCUT2D eigenvalue weighted by Crippen LogP contribution is 2.30. The van der Waals surface area contributed by atoms with Crippen molar-refractivity contribution < 1.29 is 22.3 Å². The third kappa shape index (κ3) is 5.34. The van der Waals surface area contributed by atoms with Gasteiger partial charge in [-0.05, 0) is 48.9 Å². The van der Waals surface area contributed by atoms with Crippen molar-refractivity contribution in [2.45, 2.75) is 19.4 Å². The van der Waals surface area contributed by atoms with Gasteiger partial charge < -0.3 is 4.74 Å². The van der Waals surface area contributed by atoms with Gasteiger partial charge in [0.15, 0.2) is 0 Å². The van der Waals surface area contributed by atoms with Crippen LogP contribution in [0.25, 0.3) is 10.6 Å². The first-order valence-corrected chi connectivity index (χ1v) is 12.4. The van der Waals surface area contributed by atoms with Crippen molar-refractivity contribution in [1.82, 2.24) is 10.2 Å². The smallest absolute Gasteiger partial charge is 0.250 e. The summed E-state index contributed by atoms with van der Waals surface area (Å²) in [6.07, 6.45) is 1.12. The summed E-state index contributed by atoms with van der Waals surface area (Å²) in [7, 11) is -2.33. The van der Waals surface area contributed by atoms with E-state index >= 15 is 0 Å². The molecule has 0 unspecified atom stereocenters. The summed E-state index contributed by atoms with van der Waals surface area (Å²) >= 11 is 6.97. The molecule has 3 aromatic rings. The number of sulfonamides is 1. The molecule has 32 heavy (non-hydrogen) atoms. The molecule has 8 nitrogen and oxygen atoms in total. The van der Waals surface area contributed by atoms with Crippen LogP contribution in [0.3, 0.4) is 0 Å². The van der Waals surface area contributed by atoms with Crippen molar-refractivity contribution in [3.8, 4) is 16.3 Å². The molecule has 0 saturated heterocycles. The number of hydrogen-bond acceptors (Lipinski definition) is 7. The van der Waals surface area contributed by atoms with Gasteiger partial charge in [0, 0.05) is 5.56 Å². The van der Waals surface area contributed by atoms with Gasteiger partial charge in [-0.1, -0.05) is 29.9 Å². The first-order valence-electron chi connectivity index (χ1n) is 9.37. The maximum Gasteiger partial charge on any atom is 0.250 e. The van der Waals surface area contributed by atoms with Gasteiger partial charge in [0.2, 0.25) is 21.1 Å². The highest BCUT2D eigenvalue weighted by Gasteiger charge is 2.32. The number of methoxy groups -OCH3 is 1. The number of carbonyl (C=O) groups is 1. The largest absolute Gasteiger partial charge is 0.497 e. The van der Waals surface area contributed by atoms with Crippen molar-refractivity contribution in [2.75, 3.05) is 23.0 Å². The number of carbonyl (C=O) groups excluding carboxylic acids is 1. The fourth-order valence-electron chi connectivity index (χ4n) is 3.00. The van der Waals surface area contributed by atoms with Gasteiger partial charge in [-0.2, -0.15) is 0 Å². The second-order valence-corrected chi connectivity index (χ2v) is 9.96. The lowest BCUT2D eigenvalue weighted by atomic mass is 10.2. The number of nitrogens with zero attached hydrogens (tertiary/aromatic N) is 3. The Morgan fingerprint density at radius 2 is 1.94 bits per heavy atom. The highest BCUT2D eigenvalue weighted by molar-refractivity contribution is 7.92. The number of rotatable bonds is 8. The Kier molecular flexibility index (Phi) is 7.32. The Morgan fingerprint density at radius 3 is 2.50 bits per heavy atom. The quantitative estimate of drug-likeness (QED) is 0.499. The van der Waals surface area contributed by atoms with Crippen molar-refractivity contribution in [2.24, 2.45) is 0 Å². The maximum atomic E-state index is 13.6. The number of aromatic nitrogens is 2. The molecule has 3 rings (SSSR count). The first kappa shape index (κ1) is 23.9. The lowest BCUT2D eigenvalue weighted by Crippen LogP contribution is -2.47. The van der Waals surface area contributed by atoms with E-state index in [2.05, 4.69) is 15.5 Å². The molecule has 1 N–H and O–H groups in total. The van der Waals surface area contributed by atoms with Gasteiger partial charge in [-0.25, -0.2) is 12.8 Å². The topological polar surface area (TPSA) is 101 Å². The van der Waals surface area contributed by atoms with Crippen LogP contribution in [0.1, 0.15) is 13.3 Å². The number of benzene rings is 2. The molecular weight excluding hydrogens is 479 g/mol. The van der Waals surface area contributed by atoms with E-state index < -0.39 is 27.8 Å². The fraction of sp³-hybridized carbons (Fsp3) is 0.250. The van der Waals surface area contributed by atoms with Gasteiger partial charge in [-0.3, -0.25) is 14.4 Å². The van der Waals surface area contributed by atoms with Crippen LogP contribution in [0.4, 0.5) is 15.2 Å². The van der Waals surface area contributed by atoms with Gasteiger partial charge >= 0.3 is 0 Å². The van der Waals surface area contributed by atoms with E-state index in [4.69, 9.17) is 16.3 Å². The van der Waals surface area contributed by atoms with E-state index in [0.29, 0.717) is 10.8 Å². The molecule has 0 saturated carbocycles. The van der Waals surface area contributed by atoms with Crippen LogP contribution in [0.15, 0.2) is 42.5 Å². The standard InChI is InChI=1S/C20H20ClFN4O4S2/c1-4-17(26(32(3,28)29)13-7-10-16(22)15(21)11-13)18(27)23-20-25-24-19(31-20)12-5-8-14(30-2)9-6-12/h5-11,17H,4H2,1-3H3,(H,23,25,27)/t17-/m1/s1. The summed E-state index contributed by atoms with van der Waals surface area (Å²) in [6.45, 7) is 1.66. The summed E-state index contributed by atoms with van der Waals surface area (Å²) in [5.41, 5.74) is 0.867. The van der Waals surface area contributed by atoms with E-state index in [0.717, 1.165) is 33.5 Å². The molecule has 0 aliphatic heterocycles. The van der Waals surface area contributed by atoms with E-state index in [1.54, 1.807) is 26.2 Å². The highest BCUT2D eigenvalue weighted by atomic mass is 35.5. The van der Waals surface area contributed by atoms with Crippen LogP contribution >= 0.6 is 22.9 Å². The number of halogens is 2. The average Bonchev–Trinajstić information content (AvgIpc) is 3.21. The zero-order chi connectivity index (χ0) is 23.5. The average molecular weight is 499 g/mol. The molecule has 1 atom stereocenters. The van der Waals surface area contributed by atoms with E-state index in [1.165, 1.54) is 12.1 Å². The van der Waals surface area contributed by atoms with Crippen molar-refractivity contribution >= 4 is 49.7 Å². The Bertz CT molecular complexity index is 1220. The van der Waals surface area contributed by atoms with Crippen molar-refractivity contribution in [3.05, 3.63) is 53.3 Å². The van der Waals surface area contributed by atoms with Crippen LogP contribution in [0.5, 0.6) is 5.75 Å². The predicted molar refractivity (Wildman–Crippen MR) is 123 cm³/mol. The zero-order valence-corrected chi connectivity index (χ0v) is 19.8. The summed E-state index contributed by atoms with van der Waals surface area (Å²) in [6, 6.07) is 9.53. The van der Waals surface area contributed by atoms with Gasteiger partial charge in [0.25, 0.3) is 0 Å². The lowest BCUT2D eigenvalue weighted by Gasteiger charge is -2.29. The molecule has 0 radical (unpaired) electrons. The molecule has 0 bridgehead atoms. The van der Waals surface area contributed by atoms with Gasteiger partial charge in [0.1, 0.15) is 22.6 Å². The number of hydrogen-bond donors (Lipinski definition) is 1. The van der Waals surface area contributed by atoms with Crippen molar-refractivity contribution in [1.29, 1.82) is 0 Å². The minimum atomic E-state index is -3.89. The monoisotopic (exact) mass is 498 g/mol. The first-order chi connectivity index (χ1) is 15.1. The predicted octanol–water partition coefficient (Wildman–Crippen LogP) is 4.19. The van der Waals surface area contributed by atoms with Crippen LogP contribution in [-0.4, -0.2) is 43.9 Å². The van der Waals surface area contributed by atoms with Gasteiger partial charge in [0.05, 0.1) is 24.1 Å². The molecule has 0 aliphatic rings. The molecular formula is C20H20ClFN4O4S2.